The average Bonchev–Trinajstić information content (AvgIpc) is 2.13. The topological polar surface area (TPSA) is 34.0 Å². The van der Waals surface area contributed by atoms with Gasteiger partial charge in [0.15, 0.2) is 0 Å². The maximum atomic E-state index is 11.6. The van der Waals surface area contributed by atoms with E-state index in [4.69, 9.17) is 0 Å². The van der Waals surface area contributed by atoms with Crippen LogP contribution in [0.1, 0.15) is 18.2 Å². The van der Waals surface area contributed by atoms with Gasteiger partial charge in [0.1, 0.15) is 0 Å². The maximum Gasteiger partial charge on any atom is 0.254 e. The Morgan fingerprint density at radius 1 is 1.46 bits per heavy atom. The van der Waals surface area contributed by atoms with Crippen LogP contribution in [0.5, 0.6) is 0 Å². The van der Waals surface area contributed by atoms with Crippen LogP contribution < -0.4 is 10.9 Å². The molecule has 1 heterocycles. The minimum atomic E-state index is 0.0981. The predicted octanol–water partition coefficient (Wildman–Crippen LogP) is 0.803. The molecule has 1 N–H and O–H groups in total. The third-order valence-corrected chi connectivity index (χ3v) is 2.20. The van der Waals surface area contributed by atoms with Gasteiger partial charge in [-0.15, -0.1) is 0 Å². The zero-order valence-corrected chi connectivity index (χ0v) is 8.42. The lowest BCUT2D eigenvalue weighted by Gasteiger charge is -2.06. The number of rotatable bonds is 3. The van der Waals surface area contributed by atoms with Gasteiger partial charge < -0.3 is 9.88 Å². The van der Waals surface area contributed by atoms with Crippen LogP contribution in [-0.2, 0) is 13.6 Å². The van der Waals surface area contributed by atoms with Crippen LogP contribution in [0.2, 0.25) is 0 Å². The highest BCUT2D eigenvalue weighted by Crippen LogP contribution is 1.95. The Labute approximate surface area is 78.4 Å². The first-order valence-electron chi connectivity index (χ1n) is 4.53. The van der Waals surface area contributed by atoms with E-state index < -0.39 is 0 Å². The largest absolute Gasteiger partial charge is 0.316 e. The van der Waals surface area contributed by atoms with Gasteiger partial charge in [0.05, 0.1) is 0 Å². The van der Waals surface area contributed by atoms with Crippen molar-refractivity contribution in [3.05, 3.63) is 33.7 Å². The molecule has 3 heteroatoms. The predicted molar refractivity (Wildman–Crippen MR) is 53.8 cm³/mol. The van der Waals surface area contributed by atoms with E-state index in [1.54, 1.807) is 11.6 Å². The first kappa shape index (κ1) is 9.99. The summed E-state index contributed by atoms with van der Waals surface area (Å²) in [4.78, 5) is 11.6. The van der Waals surface area contributed by atoms with Crippen molar-refractivity contribution >= 4 is 0 Å². The van der Waals surface area contributed by atoms with Crippen LogP contribution in [0.3, 0.4) is 0 Å². The van der Waals surface area contributed by atoms with Gasteiger partial charge >= 0.3 is 0 Å². The minimum Gasteiger partial charge on any atom is -0.316 e. The van der Waals surface area contributed by atoms with E-state index in [9.17, 15) is 4.79 Å². The molecule has 1 rings (SSSR count). The van der Waals surface area contributed by atoms with E-state index in [2.05, 4.69) is 5.32 Å². The lowest BCUT2D eigenvalue weighted by atomic mass is 10.2. The van der Waals surface area contributed by atoms with Crippen molar-refractivity contribution in [2.75, 3.05) is 6.54 Å². The second kappa shape index (κ2) is 4.23. The summed E-state index contributed by atoms with van der Waals surface area (Å²) >= 11 is 0. The normalized spacial score (nSPS) is 10.4. The molecule has 1 aromatic heterocycles. The zero-order valence-electron chi connectivity index (χ0n) is 8.42. The lowest BCUT2D eigenvalue weighted by molar-refractivity contribution is 0.701. The molecule has 0 fully saturated rings. The summed E-state index contributed by atoms with van der Waals surface area (Å²) in [6, 6.07) is 3.86. The average molecular weight is 180 g/mol. The molecule has 0 bridgehead atoms. The number of hydrogen-bond acceptors (Lipinski definition) is 2. The van der Waals surface area contributed by atoms with Gasteiger partial charge in [-0.1, -0.05) is 13.0 Å². The Balaban J connectivity index is 2.97. The quantitative estimate of drug-likeness (QED) is 0.746. The Hall–Kier alpha value is -1.09. The van der Waals surface area contributed by atoms with Crippen LogP contribution in [0.15, 0.2) is 16.9 Å². The van der Waals surface area contributed by atoms with Crippen molar-refractivity contribution in [2.24, 2.45) is 7.05 Å². The van der Waals surface area contributed by atoms with Gasteiger partial charge in [-0.25, -0.2) is 0 Å². The molecule has 0 aliphatic heterocycles. The number of aryl methyl sites for hydroxylation is 1. The molecule has 0 aliphatic rings. The van der Waals surface area contributed by atoms with Crippen molar-refractivity contribution in [1.29, 1.82) is 0 Å². The molecule has 0 aliphatic carbocycles. The van der Waals surface area contributed by atoms with Crippen molar-refractivity contribution in [1.82, 2.24) is 9.88 Å². The van der Waals surface area contributed by atoms with Crippen molar-refractivity contribution in [3.63, 3.8) is 0 Å². The molecule has 0 saturated heterocycles. The second-order valence-electron chi connectivity index (χ2n) is 3.14. The van der Waals surface area contributed by atoms with Gasteiger partial charge in [0, 0.05) is 24.8 Å². The van der Waals surface area contributed by atoms with E-state index in [1.165, 1.54) is 0 Å². The summed E-state index contributed by atoms with van der Waals surface area (Å²) in [5.41, 5.74) is 1.92. The Morgan fingerprint density at radius 3 is 2.77 bits per heavy atom. The third kappa shape index (κ3) is 2.18. The third-order valence-electron chi connectivity index (χ3n) is 2.20. The van der Waals surface area contributed by atoms with Crippen LogP contribution in [-0.4, -0.2) is 11.1 Å². The molecule has 72 valence electrons. The smallest absolute Gasteiger partial charge is 0.254 e. The van der Waals surface area contributed by atoms with Gasteiger partial charge in [0.25, 0.3) is 5.56 Å². The number of nitrogens with one attached hydrogen (secondary N) is 1. The molecular weight excluding hydrogens is 164 g/mol. The zero-order chi connectivity index (χ0) is 9.84. The van der Waals surface area contributed by atoms with Crippen LogP contribution >= 0.6 is 0 Å². The Bertz CT molecular complexity index is 341. The van der Waals surface area contributed by atoms with Gasteiger partial charge in [-0.2, -0.15) is 0 Å². The summed E-state index contributed by atoms with van der Waals surface area (Å²) in [6.45, 7) is 5.50. The van der Waals surface area contributed by atoms with E-state index in [1.807, 2.05) is 26.0 Å². The molecule has 0 amide bonds. The summed E-state index contributed by atoms with van der Waals surface area (Å²) in [6.07, 6.45) is 0. The molecule has 0 unspecified atom stereocenters. The molecule has 0 saturated carbocycles. The van der Waals surface area contributed by atoms with Crippen molar-refractivity contribution in [3.8, 4) is 0 Å². The van der Waals surface area contributed by atoms with Crippen LogP contribution in [0.25, 0.3) is 0 Å². The highest BCUT2D eigenvalue weighted by molar-refractivity contribution is 5.14. The van der Waals surface area contributed by atoms with Crippen molar-refractivity contribution < 1.29 is 0 Å². The molecule has 13 heavy (non-hydrogen) atoms. The molecule has 0 atom stereocenters. The Morgan fingerprint density at radius 2 is 2.15 bits per heavy atom. The molecule has 0 spiro atoms. The fourth-order valence-electron chi connectivity index (χ4n) is 1.17. The number of pyridine rings is 1. The first-order chi connectivity index (χ1) is 6.16. The highest BCUT2D eigenvalue weighted by atomic mass is 16.1. The van der Waals surface area contributed by atoms with E-state index >= 15 is 0 Å². The van der Waals surface area contributed by atoms with Crippen LogP contribution in [0, 0.1) is 6.92 Å². The SMILES string of the molecule is CCNCc1ccc(C)n(C)c1=O. The minimum absolute atomic E-state index is 0.0981. The number of aromatic nitrogens is 1. The monoisotopic (exact) mass is 180 g/mol. The number of hydrogen-bond donors (Lipinski definition) is 1. The second-order valence-corrected chi connectivity index (χ2v) is 3.14. The van der Waals surface area contributed by atoms with Gasteiger partial charge in [0.2, 0.25) is 0 Å². The van der Waals surface area contributed by atoms with E-state index in [0.29, 0.717) is 6.54 Å². The lowest BCUT2D eigenvalue weighted by Crippen LogP contribution is -2.26. The first-order valence-corrected chi connectivity index (χ1v) is 4.53. The number of nitrogens with zero attached hydrogens (tertiary/aromatic N) is 1. The molecule has 0 aromatic carbocycles. The summed E-state index contributed by atoms with van der Waals surface area (Å²) < 4.78 is 1.67. The van der Waals surface area contributed by atoms with E-state index in [-0.39, 0.29) is 5.56 Å². The highest BCUT2D eigenvalue weighted by Gasteiger charge is 2.01. The molecular formula is C10H16N2O. The van der Waals surface area contributed by atoms with Gasteiger partial charge in [-0.05, 0) is 19.5 Å². The van der Waals surface area contributed by atoms with Crippen molar-refractivity contribution in [2.45, 2.75) is 20.4 Å². The fourth-order valence-corrected chi connectivity index (χ4v) is 1.17. The molecule has 1 aromatic rings. The van der Waals surface area contributed by atoms with E-state index in [0.717, 1.165) is 17.8 Å². The summed E-state index contributed by atoms with van der Waals surface area (Å²) in [5, 5.41) is 3.14. The van der Waals surface area contributed by atoms with Gasteiger partial charge in [-0.3, -0.25) is 4.79 Å². The maximum absolute atomic E-state index is 11.6. The Kier molecular flexibility index (Phi) is 3.25. The van der Waals surface area contributed by atoms with Crippen LogP contribution in [0.4, 0.5) is 0 Å². The standard InChI is InChI=1S/C10H16N2O/c1-4-11-7-9-6-5-8(2)12(3)10(9)13/h5-6,11H,4,7H2,1-3H3. The fraction of sp³-hybridized carbons (Fsp3) is 0.500. The molecule has 0 radical (unpaired) electrons. The summed E-state index contributed by atoms with van der Waals surface area (Å²) in [7, 11) is 1.80. The molecule has 3 nitrogen and oxygen atoms in total. The summed E-state index contributed by atoms with van der Waals surface area (Å²) in [5.74, 6) is 0.